The maximum absolute atomic E-state index is 12.8. The Labute approximate surface area is 186 Å². The van der Waals surface area contributed by atoms with Gasteiger partial charge in [-0.2, -0.15) is 5.32 Å². The number of anilines is 1. The average molecular weight is 440 g/mol. The number of piperidine rings is 2. The predicted octanol–water partition coefficient (Wildman–Crippen LogP) is 4.02. The molecule has 1 N–H and O–H groups in total. The highest BCUT2D eigenvalue weighted by Gasteiger charge is 2.32. The van der Waals surface area contributed by atoms with Crippen molar-refractivity contribution in [2.24, 2.45) is 0 Å². The third-order valence-corrected chi connectivity index (χ3v) is 7.68. The number of ether oxygens (including phenoxy) is 1. The molecule has 2 saturated heterocycles. The van der Waals surface area contributed by atoms with E-state index >= 15 is 0 Å². The van der Waals surface area contributed by atoms with E-state index in [0.29, 0.717) is 22.6 Å². The Hall–Kier alpha value is -2.58. The molecule has 0 unspecified atom stereocenters. The van der Waals surface area contributed by atoms with Gasteiger partial charge in [0.15, 0.2) is 0 Å². The topological polar surface area (TPSA) is 76.0 Å². The van der Waals surface area contributed by atoms with E-state index in [-0.39, 0.29) is 11.9 Å². The summed E-state index contributed by atoms with van der Waals surface area (Å²) in [5.74, 6) is 1.29. The van der Waals surface area contributed by atoms with Crippen LogP contribution in [0.5, 0.6) is 5.75 Å². The van der Waals surface area contributed by atoms with Crippen molar-refractivity contribution in [2.45, 2.75) is 37.6 Å². The zero-order valence-corrected chi connectivity index (χ0v) is 18.5. The summed E-state index contributed by atoms with van der Waals surface area (Å²) in [6, 6.07) is 8.30. The first-order chi connectivity index (χ1) is 15.1. The highest BCUT2D eigenvalue weighted by Crippen LogP contribution is 2.36. The first-order valence-corrected chi connectivity index (χ1v) is 11.8. The maximum Gasteiger partial charge on any atom is 0.346 e. The van der Waals surface area contributed by atoms with E-state index in [1.165, 1.54) is 16.9 Å². The number of fused-ring (bicyclic) bond motifs is 1. The van der Waals surface area contributed by atoms with Crippen LogP contribution in [0, 0.1) is 0 Å². The second kappa shape index (κ2) is 8.51. The molecule has 3 aliphatic rings. The number of carbonyl (C=O) groups is 2. The largest absolute Gasteiger partial charge is 0.495 e. The molecule has 1 radical (unpaired) electrons. The highest BCUT2D eigenvalue weighted by atomic mass is 32.1. The van der Waals surface area contributed by atoms with Gasteiger partial charge in [-0.25, -0.2) is 4.79 Å². The smallest absolute Gasteiger partial charge is 0.346 e. The number of nitrogens with one attached hydrogen (secondary N) is 1. The van der Waals surface area contributed by atoms with E-state index in [2.05, 4.69) is 27.7 Å². The molecular weight excluding hydrogens is 412 g/mol. The number of carbonyl (C=O) groups excluding carboxylic acids is 2. The molecule has 2 fully saturated rings. The van der Waals surface area contributed by atoms with Crippen LogP contribution in [0.1, 0.15) is 46.8 Å². The van der Waals surface area contributed by atoms with Crippen LogP contribution >= 0.6 is 11.3 Å². The van der Waals surface area contributed by atoms with E-state index in [0.717, 1.165) is 63.2 Å². The zero-order valence-electron chi connectivity index (χ0n) is 17.7. The van der Waals surface area contributed by atoms with Crippen LogP contribution in [-0.2, 0) is 0 Å². The summed E-state index contributed by atoms with van der Waals surface area (Å²) in [5.41, 5.74) is 2.86. The molecule has 1 aromatic carbocycles. The van der Waals surface area contributed by atoms with Crippen LogP contribution in [0.15, 0.2) is 29.6 Å². The van der Waals surface area contributed by atoms with Crippen LogP contribution in [0.3, 0.4) is 0 Å². The minimum Gasteiger partial charge on any atom is -0.495 e. The fraction of sp³-hybridized carbons (Fsp3) is 0.478. The van der Waals surface area contributed by atoms with E-state index in [4.69, 9.17) is 4.74 Å². The van der Waals surface area contributed by atoms with Crippen molar-refractivity contribution in [1.82, 2.24) is 15.1 Å². The van der Waals surface area contributed by atoms with Gasteiger partial charge in [0.25, 0.3) is 5.91 Å². The Morgan fingerprint density at radius 2 is 1.90 bits per heavy atom. The third-order valence-electron chi connectivity index (χ3n) is 6.80. The van der Waals surface area contributed by atoms with Crippen LogP contribution in [0.25, 0.3) is 0 Å². The molecule has 7 nitrogen and oxygen atoms in total. The molecule has 0 saturated carbocycles. The molecule has 0 spiro atoms. The molecule has 5 rings (SSSR count). The number of thiophene rings is 1. The fourth-order valence-electron chi connectivity index (χ4n) is 5.04. The zero-order chi connectivity index (χ0) is 21.4. The number of benzene rings is 1. The van der Waals surface area contributed by atoms with Gasteiger partial charge in [-0.1, -0.05) is 6.07 Å². The molecular formula is C23H27N4O3S. The molecule has 163 valence electrons. The van der Waals surface area contributed by atoms with E-state index in [1.807, 2.05) is 22.4 Å². The van der Waals surface area contributed by atoms with E-state index < -0.39 is 0 Å². The minimum atomic E-state index is -0.274. The van der Waals surface area contributed by atoms with Crippen LogP contribution < -0.4 is 15.4 Å². The summed E-state index contributed by atoms with van der Waals surface area (Å²) in [6.45, 7) is 3.76. The summed E-state index contributed by atoms with van der Waals surface area (Å²) < 4.78 is 5.32. The lowest BCUT2D eigenvalue weighted by atomic mass is 9.87. The molecule has 0 bridgehead atoms. The second-order valence-corrected chi connectivity index (χ2v) is 9.39. The predicted molar refractivity (Wildman–Crippen MR) is 121 cm³/mol. The number of hydrogen-bond donors (Lipinski definition) is 1. The van der Waals surface area contributed by atoms with Crippen molar-refractivity contribution in [3.63, 3.8) is 0 Å². The lowest BCUT2D eigenvalue weighted by Crippen LogP contribution is -2.48. The lowest BCUT2D eigenvalue weighted by molar-refractivity contribution is 0.0580. The highest BCUT2D eigenvalue weighted by molar-refractivity contribution is 7.12. The Kier molecular flexibility index (Phi) is 5.58. The van der Waals surface area contributed by atoms with Crippen LogP contribution in [0.4, 0.5) is 16.2 Å². The molecule has 3 amide bonds. The first kappa shape index (κ1) is 20.3. The van der Waals surface area contributed by atoms with Gasteiger partial charge < -0.3 is 19.9 Å². The summed E-state index contributed by atoms with van der Waals surface area (Å²) >= 11 is 1.45. The molecule has 4 heterocycles. The number of rotatable bonds is 4. The van der Waals surface area contributed by atoms with E-state index in [1.54, 1.807) is 7.11 Å². The van der Waals surface area contributed by atoms with E-state index in [9.17, 15) is 9.59 Å². The quantitative estimate of drug-likeness (QED) is 0.781. The Morgan fingerprint density at radius 3 is 2.65 bits per heavy atom. The number of amides is 3. The molecule has 0 atom stereocenters. The number of methoxy groups -OCH3 is 1. The number of urea groups is 1. The SMILES string of the molecule is COc1ccsc1C(=O)N1CCC(N2CCC(c3ccc4c(c3)[N]C(=O)N4)CC2)CC1. The van der Waals surface area contributed by atoms with Crippen molar-refractivity contribution in [2.75, 3.05) is 38.6 Å². The molecule has 2 aromatic rings. The van der Waals surface area contributed by atoms with Gasteiger partial charge in [-0.3, -0.25) is 4.79 Å². The third kappa shape index (κ3) is 4.02. The Balaban J connectivity index is 1.13. The van der Waals surface area contributed by atoms with Crippen molar-refractivity contribution < 1.29 is 14.3 Å². The first-order valence-electron chi connectivity index (χ1n) is 10.9. The van der Waals surface area contributed by atoms with Crippen molar-refractivity contribution in [3.8, 4) is 5.75 Å². The van der Waals surface area contributed by atoms with Crippen LogP contribution in [-0.4, -0.2) is 61.1 Å². The van der Waals surface area contributed by atoms with Crippen molar-refractivity contribution in [3.05, 3.63) is 40.1 Å². The normalized spacial score (nSPS) is 20.3. The fourth-order valence-corrected chi connectivity index (χ4v) is 5.87. The summed E-state index contributed by atoms with van der Waals surface area (Å²) in [5, 5.41) is 8.71. The molecule has 1 aromatic heterocycles. The monoisotopic (exact) mass is 439 g/mol. The number of nitrogens with zero attached hydrogens (tertiary/aromatic N) is 3. The maximum atomic E-state index is 12.8. The molecule has 31 heavy (non-hydrogen) atoms. The average Bonchev–Trinajstić information content (AvgIpc) is 3.43. The minimum absolute atomic E-state index is 0.0963. The van der Waals surface area contributed by atoms with Crippen molar-refractivity contribution in [1.29, 1.82) is 0 Å². The van der Waals surface area contributed by atoms with Gasteiger partial charge in [-0.15, -0.1) is 11.3 Å². The standard InChI is InChI=1S/C23H27N4O3S/c1-30-20-8-13-31-21(20)22(28)27-11-6-17(7-12-27)26-9-4-15(5-10-26)16-2-3-18-19(14-16)25-23(29)24-18/h2-3,8,13-15,17H,4-7,9-12H2,1H3,(H,24,29). The summed E-state index contributed by atoms with van der Waals surface area (Å²) in [7, 11) is 1.61. The van der Waals surface area contributed by atoms with Gasteiger partial charge in [-0.05, 0) is 73.8 Å². The second-order valence-electron chi connectivity index (χ2n) is 8.47. The van der Waals surface area contributed by atoms with Crippen molar-refractivity contribution >= 4 is 34.6 Å². The lowest BCUT2D eigenvalue weighted by Gasteiger charge is -2.42. The van der Waals surface area contributed by atoms with Gasteiger partial charge in [0.05, 0.1) is 18.5 Å². The number of hydrogen-bond acceptors (Lipinski definition) is 5. The molecule has 0 aliphatic carbocycles. The molecule has 8 heteroatoms. The Bertz CT molecular complexity index is 975. The van der Waals surface area contributed by atoms with Gasteiger partial charge >= 0.3 is 6.03 Å². The summed E-state index contributed by atoms with van der Waals surface area (Å²) in [6.07, 6.45) is 4.28. The molecule has 3 aliphatic heterocycles. The van der Waals surface area contributed by atoms with Gasteiger partial charge in [0, 0.05) is 19.1 Å². The number of likely N-dealkylation sites (tertiary alicyclic amines) is 2. The summed E-state index contributed by atoms with van der Waals surface area (Å²) in [4.78, 5) is 29.6. The van der Waals surface area contributed by atoms with Crippen LogP contribution in [0.2, 0.25) is 0 Å². The van der Waals surface area contributed by atoms with Gasteiger partial charge in [0.2, 0.25) is 0 Å². The Morgan fingerprint density at radius 1 is 1.13 bits per heavy atom. The van der Waals surface area contributed by atoms with Gasteiger partial charge in [0.1, 0.15) is 10.6 Å².